The minimum absolute atomic E-state index is 0.124. The van der Waals surface area contributed by atoms with E-state index in [9.17, 15) is 19.1 Å². The normalized spacial score (nSPS) is 14.0. The largest absolute Gasteiger partial charge is 0.478 e. The Kier molecular flexibility index (Phi) is 5.14. The van der Waals surface area contributed by atoms with E-state index in [1.165, 1.54) is 18.2 Å². The Hall–Kier alpha value is -2.19. The molecule has 0 aliphatic carbocycles. The van der Waals surface area contributed by atoms with E-state index in [-0.39, 0.29) is 11.1 Å². The van der Waals surface area contributed by atoms with Gasteiger partial charge in [-0.2, -0.15) is 0 Å². The second-order valence-corrected chi connectivity index (χ2v) is 8.07. The molecule has 2 heterocycles. The molecule has 0 bridgehead atoms. The number of carbonyl (C=O) groups excluding carboxylic acids is 1. The number of carboxylic acid groups (broad SMARTS) is 1. The number of carboxylic acids is 1. The van der Waals surface area contributed by atoms with Crippen LogP contribution in [0, 0.1) is 5.82 Å². The predicted octanol–water partition coefficient (Wildman–Crippen LogP) is 3.81. The zero-order chi connectivity index (χ0) is 19.9. The highest BCUT2D eigenvalue weighted by atomic mass is 79.9. The summed E-state index contributed by atoms with van der Waals surface area (Å²) >= 11 is 3.46. The van der Waals surface area contributed by atoms with Gasteiger partial charge in [0, 0.05) is 30.9 Å². The molecule has 144 valence electrons. The molecule has 2 N–H and O–H groups in total. The maximum absolute atomic E-state index is 14.6. The van der Waals surface area contributed by atoms with Gasteiger partial charge in [-0.3, -0.25) is 0 Å². The van der Waals surface area contributed by atoms with Gasteiger partial charge < -0.3 is 19.7 Å². The second-order valence-electron chi connectivity index (χ2n) is 7.32. The molecule has 1 aliphatic heterocycles. The molecule has 0 unspecified atom stereocenters. The Morgan fingerprint density at radius 3 is 2.63 bits per heavy atom. The van der Waals surface area contributed by atoms with Crippen molar-refractivity contribution >= 4 is 27.9 Å². The maximum atomic E-state index is 14.6. The molecule has 1 aliphatic rings. The number of aromatic nitrogens is 1. The molecular formula is C19H20BrFN2O4. The molecule has 0 amide bonds. The summed E-state index contributed by atoms with van der Waals surface area (Å²) in [5.74, 6) is -2.60. The Labute approximate surface area is 164 Å². The summed E-state index contributed by atoms with van der Waals surface area (Å²) in [6.07, 6.45) is 0. The quantitative estimate of drug-likeness (QED) is 0.712. The van der Waals surface area contributed by atoms with Gasteiger partial charge in [-0.05, 0) is 54.4 Å². The topological polar surface area (TPSA) is 80.6 Å². The zero-order valence-electron chi connectivity index (χ0n) is 15.2. The van der Waals surface area contributed by atoms with Crippen LogP contribution in [-0.4, -0.2) is 33.8 Å². The smallest absolute Gasteiger partial charge is 0.341 e. The molecule has 8 heteroatoms. The second kappa shape index (κ2) is 7.09. The molecule has 3 rings (SSSR count). The first-order valence-corrected chi connectivity index (χ1v) is 9.27. The molecule has 0 saturated heterocycles. The van der Waals surface area contributed by atoms with Crippen molar-refractivity contribution in [2.75, 3.05) is 6.54 Å². The van der Waals surface area contributed by atoms with Crippen LogP contribution in [0.25, 0.3) is 11.1 Å². The number of halogens is 2. The molecular weight excluding hydrogens is 419 g/mol. The van der Waals surface area contributed by atoms with Crippen LogP contribution >= 0.6 is 15.9 Å². The van der Waals surface area contributed by atoms with E-state index in [2.05, 4.69) is 21.2 Å². The number of nitrogens with zero attached hydrogens (tertiary/aromatic N) is 1. The molecule has 0 atom stereocenters. The van der Waals surface area contributed by atoms with E-state index in [1.807, 2.05) is 4.57 Å². The van der Waals surface area contributed by atoms with Crippen molar-refractivity contribution < 1.29 is 23.8 Å². The van der Waals surface area contributed by atoms with E-state index in [1.54, 1.807) is 20.8 Å². The van der Waals surface area contributed by atoms with Crippen LogP contribution in [0.3, 0.4) is 0 Å². The average molecular weight is 439 g/mol. The molecule has 6 nitrogen and oxygen atoms in total. The van der Waals surface area contributed by atoms with E-state index >= 15 is 0 Å². The highest BCUT2D eigenvalue weighted by molar-refractivity contribution is 9.10. The monoisotopic (exact) mass is 438 g/mol. The molecule has 1 aromatic carbocycles. The van der Waals surface area contributed by atoms with Crippen LogP contribution in [0.2, 0.25) is 0 Å². The first kappa shape index (κ1) is 19.6. The van der Waals surface area contributed by atoms with Crippen molar-refractivity contribution in [3.8, 4) is 11.1 Å². The fraction of sp³-hybridized carbons (Fsp3) is 0.368. The average Bonchev–Trinajstić information content (AvgIpc) is 2.86. The van der Waals surface area contributed by atoms with Crippen molar-refractivity contribution in [1.29, 1.82) is 0 Å². The Balaban J connectivity index is 2.08. The molecule has 0 radical (unpaired) electrons. The summed E-state index contributed by atoms with van der Waals surface area (Å²) in [5, 5.41) is 12.9. The van der Waals surface area contributed by atoms with Gasteiger partial charge >= 0.3 is 11.9 Å². The first-order valence-electron chi connectivity index (χ1n) is 8.48. The highest BCUT2D eigenvalue weighted by Gasteiger charge is 2.29. The van der Waals surface area contributed by atoms with Crippen LogP contribution in [-0.2, 0) is 17.8 Å². The van der Waals surface area contributed by atoms with Gasteiger partial charge in [0.1, 0.15) is 11.4 Å². The van der Waals surface area contributed by atoms with Gasteiger partial charge in [0.05, 0.1) is 15.7 Å². The van der Waals surface area contributed by atoms with Crippen LogP contribution in [0.1, 0.15) is 47.2 Å². The van der Waals surface area contributed by atoms with Crippen molar-refractivity contribution in [3.05, 3.63) is 45.4 Å². The van der Waals surface area contributed by atoms with Crippen molar-refractivity contribution in [3.63, 3.8) is 0 Å². The first-order chi connectivity index (χ1) is 12.6. The van der Waals surface area contributed by atoms with Crippen molar-refractivity contribution in [1.82, 2.24) is 9.88 Å². The third kappa shape index (κ3) is 3.77. The Bertz CT molecular complexity index is 931. The van der Waals surface area contributed by atoms with Gasteiger partial charge in [0.15, 0.2) is 0 Å². The predicted molar refractivity (Wildman–Crippen MR) is 101 cm³/mol. The summed E-state index contributed by atoms with van der Waals surface area (Å²) in [5.41, 5.74) is 0.607. The molecule has 0 saturated carbocycles. The molecule has 0 fully saturated rings. The summed E-state index contributed by atoms with van der Waals surface area (Å²) in [6.45, 7) is 6.84. The van der Waals surface area contributed by atoms with Crippen LogP contribution in [0.4, 0.5) is 4.39 Å². The third-order valence-corrected chi connectivity index (χ3v) is 5.03. The van der Waals surface area contributed by atoms with Gasteiger partial charge in [0.25, 0.3) is 0 Å². The molecule has 1 aromatic heterocycles. The number of rotatable bonds is 3. The highest BCUT2D eigenvalue weighted by Crippen LogP contribution is 2.38. The fourth-order valence-corrected chi connectivity index (χ4v) is 3.93. The van der Waals surface area contributed by atoms with Gasteiger partial charge in [-0.1, -0.05) is 6.07 Å². The molecule has 2 aromatic rings. The lowest BCUT2D eigenvalue weighted by atomic mass is 10.0. The number of ether oxygens (including phenoxy) is 1. The SMILES string of the molecule is CC(C)(C)OC(=O)c1ccc(-c2c(C(=O)O)c3n(c2Br)CCNC3)cc1F. The minimum Gasteiger partial charge on any atom is -0.478 e. The maximum Gasteiger partial charge on any atom is 0.341 e. The number of hydrogen-bond acceptors (Lipinski definition) is 4. The number of nitrogens with one attached hydrogen (secondary N) is 1. The van der Waals surface area contributed by atoms with Gasteiger partial charge in [-0.15, -0.1) is 0 Å². The zero-order valence-corrected chi connectivity index (χ0v) is 16.8. The standard InChI is InChI=1S/C19H20BrFN2O4/c1-19(2,3)27-18(26)11-5-4-10(8-12(11)21)14-15(17(24)25)13-9-22-6-7-23(13)16(14)20/h4-5,8,22H,6-7,9H2,1-3H3,(H,24,25). The Morgan fingerprint density at radius 1 is 1.33 bits per heavy atom. The minimum atomic E-state index is -1.08. The fourth-order valence-electron chi connectivity index (χ4n) is 3.11. The van der Waals surface area contributed by atoms with E-state index < -0.39 is 23.4 Å². The molecule has 27 heavy (non-hydrogen) atoms. The number of hydrogen-bond donors (Lipinski definition) is 2. The number of aromatic carboxylic acids is 1. The van der Waals surface area contributed by atoms with Gasteiger partial charge in [-0.25, -0.2) is 14.0 Å². The van der Waals surface area contributed by atoms with Crippen molar-refractivity contribution in [2.45, 2.75) is 39.5 Å². The van der Waals surface area contributed by atoms with E-state index in [0.29, 0.717) is 41.1 Å². The van der Waals surface area contributed by atoms with Crippen LogP contribution in [0.5, 0.6) is 0 Å². The van der Waals surface area contributed by atoms with Crippen LogP contribution in [0.15, 0.2) is 22.8 Å². The summed E-state index contributed by atoms with van der Waals surface area (Å²) in [6, 6.07) is 4.03. The summed E-state index contributed by atoms with van der Waals surface area (Å²) in [7, 11) is 0. The number of esters is 1. The van der Waals surface area contributed by atoms with Crippen LogP contribution < -0.4 is 5.32 Å². The Morgan fingerprint density at radius 2 is 2.04 bits per heavy atom. The van der Waals surface area contributed by atoms with E-state index in [0.717, 1.165) is 0 Å². The van der Waals surface area contributed by atoms with Crippen molar-refractivity contribution in [2.24, 2.45) is 0 Å². The van der Waals surface area contributed by atoms with E-state index in [4.69, 9.17) is 4.74 Å². The summed E-state index contributed by atoms with van der Waals surface area (Å²) < 4.78 is 22.3. The molecule has 0 spiro atoms. The lowest BCUT2D eigenvalue weighted by Crippen LogP contribution is -2.28. The number of benzene rings is 1. The number of fused-ring (bicyclic) bond motifs is 1. The lowest BCUT2D eigenvalue weighted by Gasteiger charge is -2.19. The third-order valence-electron chi connectivity index (χ3n) is 4.20. The lowest BCUT2D eigenvalue weighted by molar-refractivity contribution is 0.00645. The number of carbonyl (C=O) groups is 2. The van der Waals surface area contributed by atoms with Gasteiger partial charge in [0.2, 0.25) is 0 Å². The summed E-state index contributed by atoms with van der Waals surface area (Å²) in [4.78, 5) is 24.0.